The van der Waals surface area contributed by atoms with Gasteiger partial charge < -0.3 is 4.74 Å². The lowest BCUT2D eigenvalue weighted by Crippen LogP contribution is -2.00. The lowest BCUT2D eigenvalue weighted by atomic mass is 10.0. The van der Waals surface area contributed by atoms with Gasteiger partial charge in [0.25, 0.3) is 0 Å². The summed E-state index contributed by atoms with van der Waals surface area (Å²) in [6.07, 6.45) is 0.447. The smallest absolute Gasteiger partial charge is 0.337 e. The molecule has 0 aliphatic heterocycles. The summed E-state index contributed by atoms with van der Waals surface area (Å²) in [4.78, 5) is 22.6. The van der Waals surface area contributed by atoms with Crippen LogP contribution in [0.1, 0.15) is 22.8 Å². The van der Waals surface area contributed by atoms with E-state index in [2.05, 4.69) is 0 Å². The van der Waals surface area contributed by atoms with Crippen molar-refractivity contribution in [2.24, 2.45) is 0 Å². The van der Waals surface area contributed by atoms with Gasteiger partial charge in [-0.1, -0.05) is 36.4 Å². The summed E-state index contributed by atoms with van der Waals surface area (Å²) < 4.78 is 4.71. The van der Waals surface area contributed by atoms with Crippen molar-refractivity contribution in [3.63, 3.8) is 0 Å². The van der Waals surface area contributed by atoms with Crippen LogP contribution < -0.4 is 0 Å². The van der Waals surface area contributed by atoms with Crippen LogP contribution in [-0.4, -0.2) is 18.9 Å². The van der Waals surface area contributed by atoms with Gasteiger partial charge in [0.1, 0.15) is 5.78 Å². The fourth-order valence-corrected chi connectivity index (χ4v) is 2.05. The van der Waals surface area contributed by atoms with Crippen molar-refractivity contribution in [2.45, 2.75) is 13.3 Å². The van der Waals surface area contributed by atoms with Crippen LogP contribution in [0, 0.1) is 0 Å². The number of carbonyl (C=O) groups is 2. The lowest BCUT2D eigenvalue weighted by molar-refractivity contribution is -0.116. The number of esters is 1. The molecule has 0 aromatic heterocycles. The van der Waals surface area contributed by atoms with Crippen molar-refractivity contribution in [1.82, 2.24) is 0 Å². The van der Waals surface area contributed by atoms with E-state index in [-0.39, 0.29) is 11.8 Å². The van der Waals surface area contributed by atoms with Crippen LogP contribution in [0.5, 0.6) is 0 Å². The first-order valence-electron chi connectivity index (χ1n) is 6.37. The van der Waals surface area contributed by atoms with Crippen LogP contribution in [0.4, 0.5) is 0 Å². The number of carbonyl (C=O) groups excluding carboxylic acids is 2. The van der Waals surface area contributed by atoms with Gasteiger partial charge in [-0.05, 0) is 35.7 Å². The normalized spacial score (nSPS) is 10.1. The first kappa shape index (κ1) is 14.0. The Kier molecular flexibility index (Phi) is 4.31. The summed E-state index contributed by atoms with van der Waals surface area (Å²) in [7, 11) is 1.37. The van der Waals surface area contributed by atoms with Crippen molar-refractivity contribution in [3.05, 3.63) is 59.7 Å². The zero-order valence-corrected chi connectivity index (χ0v) is 11.6. The van der Waals surface area contributed by atoms with Gasteiger partial charge in [-0.15, -0.1) is 0 Å². The standard InChI is InChI=1S/C17H16O3/c1-12(18)10-13-6-8-14(9-7-13)15-4-3-5-16(11-15)17(19)20-2/h3-9,11H,10H2,1-2H3. The van der Waals surface area contributed by atoms with Gasteiger partial charge >= 0.3 is 5.97 Å². The molecular weight excluding hydrogens is 252 g/mol. The molecule has 20 heavy (non-hydrogen) atoms. The molecule has 0 saturated heterocycles. The molecule has 0 saturated carbocycles. The minimum Gasteiger partial charge on any atom is -0.465 e. The van der Waals surface area contributed by atoms with E-state index in [1.165, 1.54) is 7.11 Å². The predicted molar refractivity (Wildman–Crippen MR) is 77.6 cm³/mol. The third kappa shape index (κ3) is 3.32. The molecule has 102 valence electrons. The van der Waals surface area contributed by atoms with Crippen LogP contribution in [-0.2, 0) is 16.0 Å². The summed E-state index contributed by atoms with van der Waals surface area (Å²) in [6.45, 7) is 1.58. The number of benzene rings is 2. The van der Waals surface area contributed by atoms with Crippen molar-refractivity contribution in [2.75, 3.05) is 7.11 Å². The van der Waals surface area contributed by atoms with Crippen LogP contribution in [0.2, 0.25) is 0 Å². The highest BCUT2D eigenvalue weighted by Crippen LogP contribution is 2.21. The second kappa shape index (κ2) is 6.15. The molecule has 0 heterocycles. The van der Waals surface area contributed by atoms with Crippen LogP contribution >= 0.6 is 0 Å². The van der Waals surface area contributed by atoms with E-state index in [1.54, 1.807) is 19.1 Å². The Hall–Kier alpha value is -2.42. The third-order valence-corrected chi connectivity index (χ3v) is 3.02. The summed E-state index contributed by atoms with van der Waals surface area (Å²) in [5.74, 6) is -0.203. The Morgan fingerprint density at radius 1 is 1.00 bits per heavy atom. The van der Waals surface area contributed by atoms with Crippen LogP contribution in [0.3, 0.4) is 0 Å². The van der Waals surface area contributed by atoms with Gasteiger partial charge in [0.05, 0.1) is 12.7 Å². The maximum absolute atomic E-state index is 11.5. The summed E-state index contributed by atoms with van der Waals surface area (Å²) in [5.41, 5.74) is 3.47. The summed E-state index contributed by atoms with van der Waals surface area (Å²) in [6, 6.07) is 15.1. The van der Waals surface area contributed by atoms with Gasteiger partial charge in [0, 0.05) is 6.42 Å². The zero-order valence-electron chi connectivity index (χ0n) is 11.6. The zero-order chi connectivity index (χ0) is 14.5. The molecule has 0 amide bonds. The molecule has 2 aromatic carbocycles. The highest BCUT2D eigenvalue weighted by atomic mass is 16.5. The molecule has 0 spiro atoms. The van der Waals surface area contributed by atoms with E-state index in [1.807, 2.05) is 36.4 Å². The van der Waals surface area contributed by atoms with Gasteiger partial charge in [-0.25, -0.2) is 4.79 Å². The lowest BCUT2D eigenvalue weighted by Gasteiger charge is -2.05. The molecule has 0 bridgehead atoms. The summed E-state index contributed by atoms with van der Waals surface area (Å²) >= 11 is 0. The highest BCUT2D eigenvalue weighted by Gasteiger charge is 2.07. The monoisotopic (exact) mass is 268 g/mol. The Balaban J connectivity index is 2.27. The molecule has 3 nitrogen and oxygen atoms in total. The first-order chi connectivity index (χ1) is 9.60. The highest BCUT2D eigenvalue weighted by molar-refractivity contribution is 5.91. The molecule has 0 unspecified atom stereocenters. The number of hydrogen-bond acceptors (Lipinski definition) is 3. The maximum atomic E-state index is 11.5. The maximum Gasteiger partial charge on any atom is 0.337 e. The third-order valence-electron chi connectivity index (χ3n) is 3.02. The molecule has 2 aromatic rings. The van der Waals surface area contributed by atoms with E-state index >= 15 is 0 Å². The average molecular weight is 268 g/mol. The molecule has 0 N–H and O–H groups in total. The Labute approximate surface area is 118 Å². The van der Waals surface area contributed by atoms with Crippen molar-refractivity contribution in [1.29, 1.82) is 0 Å². The fraction of sp³-hybridized carbons (Fsp3) is 0.176. The predicted octanol–water partition coefficient (Wildman–Crippen LogP) is 3.27. The second-order valence-electron chi connectivity index (χ2n) is 4.65. The molecule has 0 aliphatic rings. The van der Waals surface area contributed by atoms with Crippen molar-refractivity contribution >= 4 is 11.8 Å². The fourth-order valence-electron chi connectivity index (χ4n) is 2.05. The largest absolute Gasteiger partial charge is 0.465 e. The van der Waals surface area contributed by atoms with E-state index in [4.69, 9.17) is 4.74 Å². The minimum absolute atomic E-state index is 0.144. The molecule has 0 radical (unpaired) electrons. The van der Waals surface area contributed by atoms with Crippen molar-refractivity contribution < 1.29 is 14.3 Å². The number of Topliss-reactive ketones (excluding diaryl/α,β-unsaturated/α-hetero) is 1. The number of rotatable bonds is 4. The van der Waals surface area contributed by atoms with E-state index < -0.39 is 0 Å². The molecule has 2 rings (SSSR count). The molecule has 3 heteroatoms. The van der Waals surface area contributed by atoms with Gasteiger partial charge in [0.15, 0.2) is 0 Å². The topological polar surface area (TPSA) is 43.4 Å². The average Bonchev–Trinajstić information content (AvgIpc) is 2.47. The van der Waals surface area contributed by atoms with Crippen molar-refractivity contribution in [3.8, 4) is 11.1 Å². The van der Waals surface area contributed by atoms with E-state index in [0.717, 1.165) is 16.7 Å². The number of ketones is 1. The van der Waals surface area contributed by atoms with E-state index in [0.29, 0.717) is 12.0 Å². The molecule has 0 atom stereocenters. The van der Waals surface area contributed by atoms with Crippen LogP contribution in [0.15, 0.2) is 48.5 Å². The first-order valence-corrected chi connectivity index (χ1v) is 6.37. The Morgan fingerprint density at radius 2 is 1.70 bits per heavy atom. The molecular formula is C17H16O3. The number of methoxy groups -OCH3 is 1. The number of ether oxygens (including phenoxy) is 1. The van der Waals surface area contributed by atoms with E-state index in [9.17, 15) is 9.59 Å². The van der Waals surface area contributed by atoms with Gasteiger partial charge in [-0.2, -0.15) is 0 Å². The Morgan fingerprint density at radius 3 is 2.30 bits per heavy atom. The summed E-state index contributed by atoms with van der Waals surface area (Å²) in [5, 5.41) is 0. The SMILES string of the molecule is COC(=O)c1cccc(-c2ccc(CC(C)=O)cc2)c1. The Bertz CT molecular complexity index is 627. The van der Waals surface area contributed by atoms with Gasteiger partial charge in [-0.3, -0.25) is 4.79 Å². The quantitative estimate of drug-likeness (QED) is 0.799. The van der Waals surface area contributed by atoms with Crippen LogP contribution in [0.25, 0.3) is 11.1 Å². The van der Waals surface area contributed by atoms with Gasteiger partial charge in [0.2, 0.25) is 0 Å². The second-order valence-corrected chi connectivity index (χ2v) is 4.65. The minimum atomic E-state index is -0.347. The molecule has 0 fully saturated rings. The molecule has 0 aliphatic carbocycles. The number of hydrogen-bond donors (Lipinski definition) is 0.